The number of fused-ring (bicyclic) bond motifs is 2. The molecule has 0 atom stereocenters. The number of benzene rings is 4. The Balaban J connectivity index is 1.11. The summed E-state index contributed by atoms with van der Waals surface area (Å²) in [6.07, 6.45) is 1.36. The molecule has 0 aliphatic rings. The van der Waals surface area contributed by atoms with Crippen LogP contribution in [0.4, 0.5) is 5.69 Å². The third-order valence-corrected chi connectivity index (χ3v) is 10.8. The molecule has 4 aromatic carbocycles. The van der Waals surface area contributed by atoms with E-state index in [2.05, 4.69) is 31.8 Å². The highest BCUT2D eigenvalue weighted by atomic mass is 79.9. The number of ether oxygens (including phenoxy) is 1. The topological polar surface area (TPSA) is 96.9 Å². The van der Waals surface area contributed by atoms with E-state index in [0.717, 1.165) is 14.8 Å². The second-order valence-electron chi connectivity index (χ2n) is 9.57. The van der Waals surface area contributed by atoms with Crippen molar-refractivity contribution in [3.8, 4) is 5.75 Å². The highest BCUT2D eigenvalue weighted by Gasteiger charge is 2.21. The van der Waals surface area contributed by atoms with Crippen LogP contribution in [0.25, 0.3) is 20.2 Å². The number of nitrogens with one attached hydrogen (secondary N) is 2. The maximum absolute atomic E-state index is 13.0. The van der Waals surface area contributed by atoms with Crippen LogP contribution in [0.15, 0.2) is 88.4 Å². The lowest BCUT2D eigenvalue weighted by atomic mass is 10.2. The second-order valence-corrected chi connectivity index (χ2v) is 14.2. The SMILES string of the molecule is O=C(N/N=C\c1cc(Br)ccc1OC(=O)c1sc2cc(Cl)ccc2c1Cl)c1ccc(NC(=O)c2sc3cc(Cl)ccc3c2Cl)cc1. The molecule has 7 nitrogen and oxygen atoms in total. The molecule has 6 aromatic rings. The fraction of sp³-hybridized carbons (Fsp3) is 0. The minimum absolute atomic E-state index is 0.208. The van der Waals surface area contributed by atoms with Gasteiger partial charge in [0.1, 0.15) is 15.5 Å². The van der Waals surface area contributed by atoms with Crippen molar-refractivity contribution >= 4 is 135 Å². The standard InChI is InChI=1S/C32H16BrCl4N3O4S2/c33-17-3-10-23(44-32(43)29-27(37)22-9-5-19(35)13-25(22)46-29)16(11-17)14-38-40-30(41)15-1-6-20(7-2-15)39-31(42)28-26(36)21-8-4-18(34)12-24(21)45-28/h1-14H,(H,39,42)(H,40,41)/b38-14-. The third kappa shape index (κ3) is 6.94. The summed E-state index contributed by atoms with van der Waals surface area (Å²) in [7, 11) is 0. The van der Waals surface area contributed by atoms with Crippen LogP contribution in [0, 0.1) is 0 Å². The largest absolute Gasteiger partial charge is 0.422 e. The van der Waals surface area contributed by atoms with Gasteiger partial charge in [0.25, 0.3) is 11.8 Å². The average Bonchev–Trinajstić information content (AvgIpc) is 3.53. The number of thiophene rings is 2. The molecule has 0 radical (unpaired) electrons. The second kappa shape index (κ2) is 13.7. The Bertz CT molecular complexity index is 2220. The fourth-order valence-corrected chi connectivity index (χ4v) is 8.06. The number of carbonyl (C=O) groups excluding carboxylic acids is 3. The van der Waals surface area contributed by atoms with Crippen molar-refractivity contribution in [1.29, 1.82) is 0 Å². The summed E-state index contributed by atoms with van der Waals surface area (Å²) in [6, 6.07) is 21.7. The highest BCUT2D eigenvalue weighted by Crippen LogP contribution is 2.38. The first kappa shape index (κ1) is 32.5. The number of hydrogen-bond donors (Lipinski definition) is 2. The van der Waals surface area contributed by atoms with Crippen LogP contribution in [-0.4, -0.2) is 24.0 Å². The van der Waals surface area contributed by atoms with Gasteiger partial charge in [-0.2, -0.15) is 5.10 Å². The zero-order valence-corrected chi connectivity index (χ0v) is 29.1. The van der Waals surface area contributed by atoms with Crippen LogP contribution < -0.4 is 15.5 Å². The van der Waals surface area contributed by atoms with Crippen molar-refractivity contribution in [2.45, 2.75) is 0 Å². The van der Waals surface area contributed by atoms with Gasteiger partial charge >= 0.3 is 5.97 Å². The number of amides is 2. The molecule has 230 valence electrons. The summed E-state index contributed by atoms with van der Waals surface area (Å²) in [5.41, 5.74) is 3.64. The van der Waals surface area contributed by atoms with Crippen molar-refractivity contribution in [3.63, 3.8) is 0 Å². The van der Waals surface area contributed by atoms with Crippen LogP contribution in [0.1, 0.15) is 35.3 Å². The molecule has 2 heterocycles. The number of halogens is 5. The van der Waals surface area contributed by atoms with Crippen molar-refractivity contribution in [2.75, 3.05) is 5.32 Å². The van der Waals surface area contributed by atoms with Gasteiger partial charge in [-0.25, -0.2) is 10.2 Å². The number of hydrazone groups is 1. The van der Waals surface area contributed by atoms with Gasteiger partial charge in [-0.1, -0.05) is 74.5 Å². The maximum atomic E-state index is 13.0. The Morgan fingerprint density at radius 2 is 1.35 bits per heavy atom. The fourth-order valence-electron chi connectivity index (χ4n) is 4.33. The Labute approximate surface area is 297 Å². The van der Waals surface area contributed by atoms with Crippen LogP contribution >= 0.6 is 85.0 Å². The molecule has 0 fully saturated rings. The first-order valence-corrected chi connectivity index (χ1v) is 17.0. The normalized spacial score (nSPS) is 11.3. The van der Waals surface area contributed by atoms with E-state index in [4.69, 9.17) is 51.1 Å². The number of hydrogen-bond acceptors (Lipinski definition) is 7. The lowest BCUT2D eigenvalue weighted by Gasteiger charge is -2.08. The molecule has 0 saturated heterocycles. The Hall–Kier alpha value is -3.48. The van der Waals surface area contributed by atoms with E-state index in [0.29, 0.717) is 46.6 Å². The summed E-state index contributed by atoms with van der Waals surface area (Å²) >= 11 is 30.8. The molecule has 0 spiro atoms. The first-order chi connectivity index (χ1) is 22.1. The van der Waals surface area contributed by atoms with E-state index in [1.54, 1.807) is 78.9 Å². The van der Waals surface area contributed by atoms with Gasteiger partial charge in [-0.05, 0) is 66.7 Å². The summed E-state index contributed by atoms with van der Waals surface area (Å²) in [6.45, 7) is 0. The smallest absolute Gasteiger partial charge is 0.355 e. The highest BCUT2D eigenvalue weighted by molar-refractivity contribution is 9.10. The van der Waals surface area contributed by atoms with Gasteiger partial charge in [0.2, 0.25) is 0 Å². The molecule has 6 rings (SSSR count). The summed E-state index contributed by atoms with van der Waals surface area (Å²) in [5, 5.41) is 9.98. The van der Waals surface area contributed by atoms with Crippen LogP contribution in [0.3, 0.4) is 0 Å². The van der Waals surface area contributed by atoms with Gasteiger partial charge < -0.3 is 10.1 Å². The van der Waals surface area contributed by atoms with Crippen molar-refractivity contribution in [2.24, 2.45) is 5.10 Å². The van der Waals surface area contributed by atoms with E-state index in [1.165, 1.54) is 28.9 Å². The van der Waals surface area contributed by atoms with Crippen molar-refractivity contribution < 1.29 is 19.1 Å². The Kier molecular flexibility index (Phi) is 9.67. The van der Waals surface area contributed by atoms with Gasteiger partial charge in [0.05, 0.1) is 16.3 Å². The molecule has 2 amide bonds. The molecule has 0 saturated carbocycles. The van der Waals surface area contributed by atoms with Gasteiger partial charge in [-0.3, -0.25) is 9.59 Å². The molecule has 0 bridgehead atoms. The Morgan fingerprint density at radius 3 is 2.00 bits per heavy atom. The minimum atomic E-state index is -0.644. The summed E-state index contributed by atoms with van der Waals surface area (Å²) in [4.78, 5) is 39.3. The molecule has 2 aromatic heterocycles. The lowest BCUT2D eigenvalue weighted by Crippen LogP contribution is -2.18. The molecule has 14 heteroatoms. The van der Waals surface area contributed by atoms with Crippen LogP contribution in [0.2, 0.25) is 20.1 Å². The molecule has 46 heavy (non-hydrogen) atoms. The third-order valence-electron chi connectivity index (χ3n) is 6.52. The van der Waals surface area contributed by atoms with Gasteiger partial charge in [0, 0.05) is 51.5 Å². The van der Waals surface area contributed by atoms with E-state index >= 15 is 0 Å². The molecular formula is C32H16BrCl4N3O4S2. The van der Waals surface area contributed by atoms with Crippen LogP contribution in [0.5, 0.6) is 5.75 Å². The number of esters is 1. The minimum Gasteiger partial charge on any atom is -0.422 e. The molecule has 2 N–H and O–H groups in total. The van der Waals surface area contributed by atoms with Crippen molar-refractivity contribution in [1.82, 2.24) is 5.43 Å². The molecule has 0 unspecified atom stereocenters. The number of rotatable bonds is 7. The zero-order valence-electron chi connectivity index (χ0n) is 22.9. The predicted octanol–water partition coefficient (Wildman–Crippen LogP) is 10.7. The zero-order chi connectivity index (χ0) is 32.5. The average molecular weight is 792 g/mol. The van der Waals surface area contributed by atoms with E-state index in [1.807, 2.05) is 0 Å². The van der Waals surface area contributed by atoms with Gasteiger partial charge in [-0.15, -0.1) is 22.7 Å². The lowest BCUT2D eigenvalue weighted by molar-refractivity contribution is 0.0739. The maximum Gasteiger partial charge on any atom is 0.355 e. The summed E-state index contributed by atoms with van der Waals surface area (Å²) < 4.78 is 7.92. The molecule has 0 aliphatic carbocycles. The predicted molar refractivity (Wildman–Crippen MR) is 192 cm³/mol. The number of anilines is 1. The van der Waals surface area contributed by atoms with E-state index < -0.39 is 11.9 Å². The van der Waals surface area contributed by atoms with Crippen LogP contribution in [-0.2, 0) is 0 Å². The van der Waals surface area contributed by atoms with E-state index in [9.17, 15) is 14.4 Å². The molecular weight excluding hydrogens is 776 g/mol. The number of nitrogens with zero attached hydrogens (tertiary/aromatic N) is 1. The first-order valence-electron chi connectivity index (χ1n) is 13.1. The van der Waals surface area contributed by atoms with Crippen molar-refractivity contribution in [3.05, 3.63) is 124 Å². The van der Waals surface area contributed by atoms with Gasteiger partial charge in [0.15, 0.2) is 0 Å². The quantitative estimate of drug-likeness (QED) is 0.0728. The summed E-state index contributed by atoms with van der Waals surface area (Å²) in [5.74, 6) is -1.31. The Morgan fingerprint density at radius 1 is 0.739 bits per heavy atom. The molecule has 0 aliphatic heterocycles. The number of carbonyl (C=O) groups is 3. The monoisotopic (exact) mass is 789 g/mol. The van der Waals surface area contributed by atoms with E-state index in [-0.39, 0.29) is 21.6 Å².